The third-order valence-electron chi connectivity index (χ3n) is 2.75. The number of hydrogen-bond donors (Lipinski definition) is 2. The summed E-state index contributed by atoms with van der Waals surface area (Å²) >= 11 is 1.33. The summed E-state index contributed by atoms with van der Waals surface area (Å²) in [6.07, 6.45) is 0. The molecule has 6 nitrogen and oxygen atoms in total. The van der Waals surface area contributed by atoms with Crippen molar-refractivity contribution in [2.75, 3.05) is 11.5 Å². The molecule has 19 heavy (non-hydrogen) atoms. The Morgan fingerprint density at radius 2 is 2.11 bits per heavy atom. The zero-order valence-corrected chi connectivity index (χ0v) is 11.2. The van der Waals surface area contributed by atoms with E-state index in [-0.39, 0.29) is 0 Å². The Kier molecular flexibility index (Phi) is 4.06. The van der Waals surface area contributed by atoms with Gasteiger partial charge in [0.15, 0.2) is 5.16 Å². The predicted molar refractivity (Wildman–Crippen MR) is 73.0 cm³/mol. The van der Waals surface area contributed by atoms with E-state index in [2.05, 4.69) is 10.2 Å². The molecular weight excluding hydrogens is 264 g/mol. The van der Waals surface area contributed by atoms with Gasteiger partial charge in [0.2, 0.25) is 5.95 Å². The van der Waals surface area contributed by atoms with Gasteiger partial charge in [-0.15, -0.1) is 10.2 Å². The quantitative estimate of drug-likeness (QED) is 0.802. The Morgan fingerprint density at radius 3 is 2.63 bits per heavy atom. The molecule has 0 saturated carbocycles. The molecule has 0 aliphatic rings. The van der Waals surface area contributed by atoms with Crippen LogP contribution in [-0.2, 0) is 11.8 Å². The number of benzene rings is 1. The number of nitrogen functional groups attached to an aromatic ring is 1. The SMILES string of the molecule is Cn1c(N)nnc1SCC(C(=O)O)c1ccccc1. The maximum absolute atomic E-state index is 11.3. The molecule has 0 bridgehead atoms. The topological polar surface area (TPSA) is 94.0 Å². The van der Waals surface area contributed by atoms with E-state index >= 15 is 0 Å². The summed E-state index contributed by atoms with van der Waals surface area (Å²) in [5.74, 6) is -0.738. The van der Waals surface area contributed by atoms with Crippen molar-refractivity contribution >= 4 is 23.7 Å². The van der Waals surface area contributed by atoms with Gasteiger partial charge in [-0.05, 0) is 5.56 Å². The van der Waals surface area contributed by atoms with E-state index in [1.54, 1.807) is 11.6 Å². The Bertz CT molecular complexity index is 570. The third-order valence-corrected chi connectivity index (χ3v) is 3.86. The van der Waals surface area contributed by atoms with Crippen molar-refractivity contribution < 1.29 is 9.90 Å². The van der Waals surface area contributed by atoms with Crippen molar-refractivity contribution in [2.45, 2.75) is 11.1 Å². The molecular formula is C12H14N4O2S. The van der Waals surface area contributed by atoms with Crippen molar-refractivity contribution in [2.24, 2.45) is 7.05 Å². The number of aromatic nitrogens is 3. The van der Waals surface area contributed by atoms with Gasteiger partial charge < -0.3 is 10.8 Å². The van der Waals surface area contributed by atoms with Crippen LogP contribution in [0.25, 0.3) is 0 Å². The van der Waals surface area contributed by atoms with Gasteiger partial charge in [-0.2, -0.15) is 0 Å². The number of hydrogen-bond acceptors (Lipinski definition) is 5. The maximum atomic E-state index is 11.3. The number of nitrogens with zero attached hydrogens (tertiary/aromatic N) is 3. The van der Waals surface area contributed by atoms with Gasteiger partial charge in [0, 0.05) is 12.8 Å². The number of nitrogens with two attached hydrogens (primary N) is 1. The fraction of sp³-hybridized carbons (Fsp3) is 0.250. The number of aliphatic carboxylic acids is 1. The zero-order chi connectivity index (χ0) is 13.8. The summed E-state index contributed by atoms with van der Waals surface area (Å²) in [6.45, 7) is 0. The molecule has 0 amide bonds. The summed E-state index contributed by atoms with van der Waals surface area (Å²) in [4.78, 5) is 11.3. The third kappa shape index (κ3) is 3.05. The second-order valence-corrected chi connectivity index (χ2v) is 5.00. The molecule has 0 radical (unpaired) electrons. The average molecular weight is 278 g/mol. The lowest BCUT2D eigenvalue weighted by Crippen LogP contribution is -2.14. The molecule has 1 unspecified atom stereocenters. The minimum Gasteiger partial charge on any atom is -0.481 e. The van der Waals surface area contributed by atoms with Gasteiger partial charge in [-0.1, -0.05) is 42.1 Å². The van der Waals surface area contributed by atoms with E-state index in [0.717, 1.165) is 5.56 Å². The van der Waals surface area contributed by atoms with E-state index in [0.29, 0.717) is 16.9 Å². The lowest BCUT2D eigenvalue weighted by atomic mass is 10.0. The smallest absolute Gasteiger partial charge is 0.311 e. The summed E-state index contributed by atoms with van der Waals surface area (Å²) in [5, 5.41) is 17.5. The number of rotatable bonds is 5. The summed E-state index contributed by atoms with van der Waals surface area (Å²) in [6, 6.07) is 9.14. The standard InChI is InChI=1S/C12H14N4O2S/c1-16-11(13)14-15-12(16)19-7-9(10(17)18)8-5-3-2-4-6-8/h2-6,9H,7H2,1H3,(H2,13,14)(H,17,18). The Balaban J connectivity index is 2.11. The molecule has 1 aromatic heterocycles. The summed E-state index contributed by atoms with van der Waals surface area (Å²) in [7, 11) is 1.75. The first kappa shape index (κ1) is 13.4. The zero-order valence-electron chi connectivity index (χ0n) is 10.4. The number of carboxylic acid groups (broad SMARTS) is 1. The van der Waals surface area contributed by atoms with Gasteiger partial charge in [0.1, 0.15) is 0 Å². The van der Waals surface area contributed by atoms with E-state index < -0.39 is 11.9 Å². The van der Waals surface area contributed by atoms with Crippen molar-refractivity contribution in [3.63, 3.8) is 0 Å². The number of carbonyl (C=O) groups is 1. The molecule has 0 aliphatic heterocycles. The highest BCUT2D eigenvalue weighted by atomic mass is 32.2. The predicted octanol–water partition coefficient (Wildman–Crippen LogP) is 1.36. The summed E-state index contributed by atoms with van der Waals surface area (Å²) in [5.41, 5.74) is 6.35. The first-order valence-corrected chi connectivity index (χ1v) is 6.63. The molecule has 7 heteroatoms. The second-order valence-electron chi connectivity index (χ2n) is 4.01. The number of carboxylic acids is 1. The van der Waals surface area contributed by atoms with E-state index in [1.165, 1.54) is 11.8 Å². The van der Waals surface area contributed by atoms with Crippen LogP contribution in [0.4, 0.5) is 5.95 Å². The first-order valence-electron chi connectivity index (χ1n) is 5.65. The van der Waals surface area contributed by atoms with Crippen LogP contribution in [0.1, 0.15) is 11.5 Å². The normalized spacial score (nSPS) is 12.3. The molecule has 2 rings (SSSR count). The molecule has 0 fully saturated rings. The monoisotopic (exact) mass is 278 g/mol. The first-order chi connectivity index (χ1) is 9.09. The van der Waals surface area contributed by atoms with Gasteiger partial charge in [0.05, 0.1) is 5.92 Å². The minimum absolute atomic E-state index is 0.314. The van der Waals surface area contributed by atoms with Gasteiger partial charge in [-0.3, -0.25) is 9.36 Å². The van der Waals surface area contributed by atoms with E-state index in [4.69, 9.17) is 5.73 Å². The van der Waals surface area contributed by atoms with E-state index in [9.17, 15) is 9.90 Å². The van der Waals surface area contributed by atoms with Gasteiger partial charge >= 0.3 is 5.97 Å². The average Bonchev–Trinajstić information content (AvgIpc) is 2.72. The highest BCUT2D eigenvalue weighted by molar-refractivity contribution is 7.99. The molecule has 0 aliphatic carbocycles. The highest BCUT2D eigenvalue weighted by Gasteiger charge is 2.21. The molecule has 1 aromatic carbocycles. The summed E-state index contributed by atoms with van der Waals surface area (Å²) < 4.78 is 1.63. The second kappa shape index (κ2) is 5.75. The number of thioether (sulfide) groups is 1. The molecule has 3 N–H and O–H groups in total. The van der Waals surface area contributed by atoms with Crippen molar-refractivity contribution in [1.29, 1.82) is 0 Å². The van der Waals surface area contributed by atoms with Crippen LogP contribution in [0.5, 0.6) is 0 Å². The van der Waals surface area contributed by atoms with Gasteiger partial charge in [0.25, 0.3) is 0 Å². The lowest BCUT2D eigenvalue weighted by molar-refractivity contribution is -0.138. The molecule has 2 aromatic rings. The van der Waals surface area contributed by atoms with E-state index in [1.807, 2.05) is 30.3 Å². The molecule has 1 atom stereocenters. The Morgan fingerprint density at radius 1 is 1.42 bits per heavy atom. The largest absolute Gasteiger partial charge is 0.481 e. The van der Waals surface area contributed by atoms with Crippen LogP contribution in [-0.4, -0.2) is 31.6 Å². The molecule has 100 valence electrons. The molecule has 1 heterocycles. The van der Waals surface area contributed by atoms with Crippen LogP contribution in [0.2, 0.25) is 0 Å². The van der Waals surface area contributed by atoms with Crippen LogP contribution >= 0.6 is 11.8 Å². The van der Waals surface area contributed by atoms with Crippen molar-refractivity contribution in [1.82, 2.24) is 14.8 Å². The van der Waals surface area contributed by atoms with Crippen LogP contribution in [0.3, 0.4) is 0 Å². The lowest BCUT2D eigenvalue weighted by Gasteiger charge is -2.11. The molecule has 0 saturated heterocycles. The van der Waals surface area contributed by atoms with Crippen LogP contribution in [0, 0.1) is 0 Å². The fourth-order valence-corrected chi connectivity index (χ4v) is 2.64. The molecule has 0 spiro atoms. The highest BCUT2D eigenvalue weighted by Crippen LogP contribution is 2.25. The Labute approximate surface area is 114 Å². The fourth-order valence-electron chi connectivity index (χ4n) is 1.61. The van der Waals surface area contributed by atoms with Crippen molar-refractivity contribution in [3.8, 4) is 0 Å². The Hall–Kier alpha value is -2.02. The maximum Gasteiger partial charge on any atom is 0.311 e. The number of anilines is 1. The van der Waals surface area contributed by atoms with Gasteiger partial charge in [-0.25, -0.2) is 0 Å². The van der Waals surface area contributed by atoms with Crippen LogP contribution < -0.4 is 5.73 Å². The minimum atomic E-state index is -0.853. The van der Waals surface area contributed by atoms with Crippen molar-refractivity contribution in [3.05, 3.63) is 35.9 Å². The van der Waals surface area contributed by atoms with Crippen LogP contribution in [0.15, 0.2) is 35.5 Å².